The summed E-state index contributed by atoms with van der Waals surface area (Å²) in [7, 11) is 0. The van der Waals surface area contributed by atoms with Gasteiger partial charge in [-0.25, -0.2) is 0 Å². The van der Waals surface area contributed by atoms with Gasteiger partial charge in [0, 0.05) is 28.1 Å². The molecule has 0 bridgehead atoms. The molecule has 1 aromatic rings. The van der Waals surface area contributed by atoms with Crippen LogP contribution in [-0.2, 0) is 0 Å². The Morgan fingerprint density at radius 3 is 2.85 bits per heavy atom. The molecule has 20 heavy (non-hydrogen) atoms. The first-order chi connectivity index (χ1) is 9.67. The fraction of sp³-hybridized carbons (Fsp3) is 0.625. The quantitative estimate of drug-likeness (QED) is 0.840. The largest absolute Gasteiger partial charge is 0.329 e. The van der Waals surface area contributed by atoms with Crippen molar-refractivity contribution in [3.63, 3.8) is 0 Å². The molecule has 2 unspecified atom stereocenters. The summed E-state index contributed by atoms with van der Waals surface area (Å²) in [5.41, 5.74) is 7.26. The second kappa shape index (κ2) is 7.79. The van der Waals surface area contributed by atoms with E-state index in [1.807, 2.05) is 6.07 Å². The number of likely N-dealkylation sites (tertiary alicyclic amines) is 1. The first-order valence-electron chi connectivity index (χ1n) is 7.58. The van der Waals surface area contributed by atoms with Crippen LogP contribution in [0.2, 0.25) is 5.02 Å². The SMILES string of the molecule is CCC1CCCCCN1C(CN)c1ccc(Br)cc1Cl. The van der Waals surface area contributed by atoms with Crippen molar-refractivity contribution in [1.82, 2.24) is 4.90 Å². The maximum absolute atomic E-state index is 6.44. The molecular formula is C16H24BrClN2. The molecule has 0 amide bonds. The van der Waals surface area contributed by atoms with Gasteiger partial charge in [-0.1, -0.05) is 53.4 Å². The Morgan fingerprint density at radius 2 is 2.20 bits per heavy atom. The molecule has 0 radical (unpaired) electrons. The molecule has 1 fully saturated rings. The van der Waals surface area contributed by atoms with E-state index in [2.05, 4.69) is 39.9 Å². The van der Waals surface area contributed by atoms with Crippen LogP contribution in [0.5, 0.6) is 0 Å². The molecule has 2 N–H and O–H groups in total. The summed E-state index contributed by atoms with van der Waals surface area (Å²) in [6, 6.07) is 7.01. The minimum Gasteiger partial charge on any atom is -0.329 e. The van der Waals surface area contributed by atoms with E-state index in [1.165, 1.54) is 32.1 Å². The van der Waals surface area contributed by atoms with Crippen molar-refractivity contribution < 1.29 is 0 Å². The van der Waals surface area contributed by atoms with Crippen molar-refractivity contribution in [2.45, 2.75) is 51.1 Å². The van der Waals surface area contributed by atoms with Crippen molar-refractivity contribution in [3.8, 4) is 0 Å². The third-order valence-corrected chi connectivity index (χ3v) is 5.16. The molecule has 1 aliphatic heterocycles. The lowest BCUT2D eigenvalue weighted by molar-refractivity contribution is 0.136. The number of hydrogen-bond acceptors (Lipinski definition) is 2. The zero-order valence-corrected chi connectivity index (χ0v) is 14.5. The van der Waals surface area contributed by atoms with Crippen LogP contribution in [-0.4, -0.2) is 24.0 Å². The topological polar surface area (TPSA) is 29.3 Å². The Balaban J connectivity index is 2.29. The van der Waals surface area contributed by atoms with E-state index in [-0.39, 0.29) is 6.04 Å². The minimum atomic E-state index is 0.235. The van der Waals surface area contributed by atoms with Crippen LogP contribution in [0.1, 0.15) is 50.6 Å². The van der Waals surface area contributed by atoms with Gasteiger partial charge in [-0.05, 0) is 43.5 Å². The highest BCUT2D eigenvalue weighted by atomic mass is 79.9. The van der Waals surface area contributed by atoms with Gasteiger partial charge in [-0.3, -0.25) is 4.90 Å². The zero-order chi connectivity index (χ0) is 14.5. The van der Waals surface area contributed by atoms with Crippen LogP contribution < -0.4 is 5.73 Å². The van der Waals surface area contributed by atoms with E-state index in [0.717, 1.165) is 21.6 Å². The maximum Gasteiger partial charge on any atom is 0.0488 e. The predicted octanol–water partition coefficient (Wildman–Crippen LogP) is 4.76. The lowest BCUT2D eigenvalue weighted by atomic mass is 10.0. The highest BCUT2D eigenvalue weighted by Crippen LogP contribution is 2.33. The summed E-state index contributed by atoms with van der Waals surface area (Å²) in [5, 5.41) is 0.814. The van der Waals surface area contributed by atoms with Gasteiger partial charge in [0.25, 0.3) is 0 Å². The standard InChI is InChI=1S/C16H24BrClN2/c1-2-13-6-4-3-5-9-20(13)16(11-19)14-8-7-12(17)10-15(14)18/h7-8,10,13,16H,2-6,9,11,19H2,1H3. The molecule has 2 rings (SSSR count). The van der Waals surface area contributed by atoms with Gasteiger partial charge < -0.3 is 5.73 Å². The van der Waals surface area contributed by atoms with Crippen LogP contribution in [0, 0.1) is 0 Å². The molecule has 1 aromatic carbocycles. The van der Waals surface area contributed by atoms with Gasteiger partial charge in [0.1, 0.15) is 0 Å². The molecule has 2 nitrogen and oxygen atoms in total. The molecule has 112 valence electrons. The summed E-state index contributed by atoms with van der Waals surface area (Å²) >= 11 is 9.91. The highest BCUT2D eigenvalue weighted by Gasteiger charge is 2.28. The normalized spacial score (nSPS) is 22.5. The van der Waals surface area contributed by atoms with Crippen LogP contribution >= 0.6 is 27.5 Å². The van der Waals surface area contributed by atoms with Gasteiger partial charge in [0.05, 0.1) is 0 Å². The molecule has 0 saturated carbocycles. The molecule has 1 aliphatic rings. The fourth-order valence-corrected chi connectivity index (χ4v) is 4.06. The van der Waals surface area contributed by atoms with Gasteiger partial charge >= 0.3 is 0 Å². The summed E-state index contributed by atoms with van der Waals surface area (Å²) in [4.78, 5) is 2.59. The maximum atomic E-state index is 6.44. The molecular weight excluding hydrogens is 336 g/mol. The van der Waals surface area contributed by atoms with E-state index < -0.39 is 0 Å². The van der Waals surface area contributed by atoms with Gasteiger partial charge in [0.2, 0.25) is 0 Å². The Labute approximate surface area is 135 Å². The van der Waals surface area contributed by atoms with Crippen LogP contribution in [0.25, 0.3) is 0 Å². The van der Waals surface area contributed by atoms with Gasteiger partial charge in [-0.15, -0.1) is 0 Å². The molecule has 0 aliphatic carbocycles. The highest BCUT2D eigenvalue weighted by molar-refractivity contribution is 9.10. The Kier molecular flexibility index (Phi) is 6.34. The summed E-state index contributed by atoms with van der Waals surface area (Å²) in [6.07, 6.45) is 6.39. The molecule has 0 spiro atoms. The molecule has 0 aromatic heterocycles. The summed E-state index contributed by atoms with van der Waals surface area (Å²) < 4.78 is 1.02. The minimum absolute atomic E-state index is 0.235. The first kappa shape index (κ1) is 16.3. The van der Waals surface area contributed by atoms with Crippen molar-refractivity contribution in [3.05, 3.63) is 33.3 Å². The second-order valence-electron chi connectivity index (χ2n) is 5.57. The van der Waals surface area contributed by atoms with Crippen molar-refractivity contribution in [1.29, 1.82) is 0 Å². The van der Waals surface area contributed by atoms with E-state index in [1.54, 1.807) is 0 Å². The molecule has 1 saturated heterocycles. The average molecular weight is 360 g/mol. The van der Waals surface area contributed by atoms with E-state index in [0.29, 0.717) is 12.6 Å². The number of halogens is 2. The molecule has 1 heterocycles. The van der Waals surface area contributed by atoms with Crippen molar-refractivity contribution >= 4 is 27.5 Å². The van der Waals surface area contributed by atoms with Gasteiger partial charge in [0.15, 0.2) is 0 Å². The average Bonchev–Trinajstić information content (AvgIpc) is 2.67. The lowest BCUT2D eigenvalue weighted by Crippen LogP contribution is -2.41. The van der Waals surface area contributed by atoms with Gasteiger partial charge in [-0.2, -0.15) is 0 Å². The number of benzene rings is 1. The number of nitrogens with two attached hydrogens (primary N) is 1. The van der Waals surface area contributed by atoms with E-state index >= 15 is 0 Å². The first-order valence-corrected chi connectivity index (χ1v) is 8.75. The number of hydrogen-bond donors (Lipinski definition) is 1. The van der Waals surface area contributed by atoms with Crippen molar-refractivity contribution in [2.75, 3.05) is 13.1 Å². The Hall–Kier alpha value is -0.0900. The monoisotopic (exact) mass is 358 g/mol. The number of rotatable bonds is 4. The third-order valence-electron chi connectivity index (χ3n) is 4.34. The zero-order valence-electron chi connectivity index (χ0n) is 12.1. The number of nitrogens with zero attached hydrogens (tertiary/aromatic N) is 1. The van der Waals surface area contributed by atoms with E-state index in [9.17, 15) is 0 Å². The van der Waals surface area contributed by atoms with Crippen molar-refractivity contribution in [2.24, 2.45) is 5.73 Å². The second-order valence-corrected chi connectivity index (χ2v) is 6.89. The molecule has 2 atom stereocenters. The lowest BCUT2D eigenvalue weighted by Gasteiger charge is -2.36. The smallest absolute Gasteiger partial charge is 0.0488 e. The third kappa shape index (κ3) is 3.76. The summed E-state index contributed by atoms with van der Waals surface area (Å²) in [5.74, 6) is 0. The Bertz CT molecular complexity index is 438. The van der Waals surface area contributed by atoms with Crippen LogP contribution in [0.4, 0.5) is 0 Å². The predicted molar refractivity (Wildman–Crippen MR) is 90.2 cm³/mol. The molecule has 4 heteroatoms. The fourth-order valence-electron chi connectivity index (χ4n) is 3.26. The Morgan fingerprint density at radius 1 is 1.40 bits per heavy atom. The van der Waals surface area contributed by atoms with E-state index in [4.69, 9.17) is 17.3 Å². The summed E-state index contributed by atoms with van der Waals surface area (Å²) in [6.45, 7) is 4.03. The van der Waals surface area contributed by atoms with Crippen LogP contribution in [0.3, 0.4) is 0 Å². The van der Waals surface area contributed by atoms with Crippen LogP contribution in [0.15, 0.2) is 22.7 Å².